The van der Waals surface area contributed by atoms with E-state index in [0.717, 1.165) is 5.56 Å². The molecule has 0 unspecified atom stereocenters. The number of hydrogen-bond acceptors (Lipinski definition) is 3. The quantitative estimate of drug-likeness (QED) is 0.799. The van der Waals surface area contributed by atoms with Gasteiger partial charge in [-0.15, -0.1) is 0 Å². The Labute approximate surface area is 138 Å². The summed E-state index contributed by atoms with van der Waals surface area (Å²) in [5.41, 5.74) is 2.22. The zero-order chi connectivity index (χ0) is 17.3. The fourth-order valence-electron chi connectivity index (χ4n) is 2.65. The summed E-state index contributed by atoms with van der Waals surface area (Å²) in [6, 6.07) is 11.5. The van der Waals surface area contributed by atoms with Crippen LogP contribution in [0.25, 0.3) is 11.4 Å². The van der Waals surface area contributed by atoms with Crippen molar-refractivity contribution in [2.24, 2.45) is 7.05 Å². The Kier molecular flexibility index (Phi) is 4.04. The minimum absolute atomic E-state index is 0.0209. The molecule has 2 heterocycles. The average molecular weight is 323 g/mol. The van der Waals surface area contributed by atoms with E-state index < -0.39 is 5.97 Å². The number of benzene rings is 1. The fourth-order valence-corrected chi connectivity index (χ4v) is 2.65. The number of imidazole rings is 1. The molecule has 0 atom stereocenters. The van der Waals surface area contributed by atoms with Crippen molar-refractivity contribution in [3.63, 3.8) is 0 Å². The summed E-state index contributed by atoms with van der Waals surface area (Å²) < 4.78 is 3.27. The van der Waals surface area contributed by atoms with Crippen molar-refractivity contribution in [2.45, 2.75) is 13.5 Å². The van der Waals surface area contributed by atoms with Gasteiger partial charge in [0.05, 0.1) is 0 Å². The summed E-state index contributed by atoms with van der Waals surface area (Å²) in [7, 11) is 1.67. The number of carbonyl (C=O) groups is 1. The molecule has 24 heavy (non-hydrogen) atoms. The molecule has 0 aliphatic rings. The van der Waals surface area contributed by atoms with Gasteiger partial charge in [-0.3, -0.25) is 4.79 Å². The van der Waals surface area contributed by atoms with Crippen LogP contribution in [-0.4, -0.2) is 25.2 Å². The number of carboxylic acid groups (broad SMARTS) is 1. The van der Waals surface area contributed by atoms with Crippen molar-refractivity contribution in [1.82, 2.24) is 14.1 Å². The molecule has 0 saturated carbocycles. The second-order valence-electron chi connectivity index (χ2n) is 5.70. The van der Waals surface area contributed by atoms with E-state index in [2.05, 4.69) is 4.98 Å². The summed E-state index contributed by atoms with van der Waals surface area (Å²) in [6.45, 7) is 2.23. The van der Waals surface area contributed by atoms with Crippen molar-refractivity contribution >= 4 is 5.97 Å². The minimum Gasteiger partial charge on any atom is -0.476 e. The van der Waals surface area contributed by atoms with Gasteiger partial charge in [0.2, 0.25) is 0 Å². The molecule has 0 fully saturated rings. The maximum absolute atomic E-state index is 11.9. The molecule has 3 aromatic rings. The Balaban J connectivity index is 2.12. The molecular weight excluding hydrogens is 306 g/mol. The van der Waals surface area contributed by atoms with Crippen LogP contribution in [0.5, 0.6) is 0 Å². The summed E-state index contributed by atoms with van der Waals surface area (Å²) >= 11 is 0. The van der Waals surface area contributed by atoms with Crippen LogP contribution in [0.1, 0.15) is 21.6 Å². The highest BCUT2D eigenvalue weighted by molar-refractivity contribution is 5.86. The van der Waals surface area contributed by atoms with E-state index in [1.54, 1.807) is 30.8 Å². The molecule has 6 nitrogen and oxygen atoms in total. The van der Waals surface area contributed by atoms with Gasteiger partial charge in [-0.2, -0.15) is 0 Å². The zero-order valence-electron chi connectivity index (χ0n) is 13.4. The Hall–Kier alpha value is -3.15. The van der Waals surface area contributed by atoms with Crippen molar-refractivity contribution in [3.8, 4) is 11.4 Å². The summed E-state index contributed by atoms with van der Waals surface area (Å²) in [5, 5.41) is 9.26. The molecule has 3 rings (SSSR count). The molecule has 1 aromatic carbocycles. The van der Waals surface area contributed by atoms with Gasteiger partial charge in [0, 0.05) is 37.1 Å². The number of nitrogens with zero attached hydrogens (tertiary/aromatic N) is 3. The number of rotatable bonds is 4. The lowest BCUT2D eigenvalue weighted by molar-refractivity contribution is 0.0691. The molecule has 0 bridgehead atoms. The number of aromatic nitrogens is 3. The van der Waals surface area contributed by atoms with E-state index in [0.29, 0.717) is 23.5 Å². The van der Waals surface area contributed by atoms with E-state index in [9.17, 15) is 14.7 Å². The highest BCUT2D eigenvalue weighted by Crippen LogP contribution is 2.20. The van der Waals surface area contributed by atoms with Crippen molar-refractivity contribution in [1.29, 1.82) is 0 Å². The molecule has 0 radical (unpaired) electrons. The Morgan fingerprint density at radius 1 is 1.21 bits per heavy atom. The van der Waals surface area contributed by atoms with Crippen LogP contribution in [0.15, 0.2) is 53.6 Å². The average Bonchev–Trinajstić information content (AvgIpc) is 2.97. The lowest BCUT2D eigenvalue weighted by Gasteiger charge is -2.10. The van der Waals surface area contributed by atoms with Crippen LogP contribution in [0.3, 0.4) is 0 Å². The third kappa shape index (κ3) is 2.99. The topological polar surface area (TPSA) is 77.1 Å². The third-order valence-electron chi connectivity index (χ3n) is 3.81. The first-order chi connectivity index (χ1) is 11.5. The Bertz CT molecular complexity index is 929. The van der Waals surface area contributed by atoms with E-state index in [4.69, 9.17) is 0 Å². The summed E-state index contributed by atoms with van der Waals surface area (Å²) in [6.07, 6.45) is 3.19. The largest absolute Gasteiger partial charge is 0.476 e. The first-order valence-corrected chi connectivity index (χ1v) is 7.48. The van der Waals surface area contributed by atoms with Crippen LogP contribution >= 0.6 is 0 Å². The predicted octanol–water partition coefficient (Wildman–Crippen LogP) is 2.30. The van der Waals surface area contributed by atoms with Gasteiger partial charge < -0.3 is 14.2 Å². The molecule has 1 N–H and O–H groups in total. The molecule has 0 aliphatic heterocycles. The van der Waals surface area contributed by atoms with Gasteiger partial charge in [0.1, 0.15) is 5.82 Å². The van der Waals surface area contributed by atoms with Crippen LogP contribution < -0.4 is 5.56 Å². The fraction of sp³-hybridized carbons (Fsp3) is 0.167. The number of aryl methyl sites for hydroxylation is 2. The normalized spacial score (nSPS) is 10.8. The summed E-state index contributed by atoms with van der Waals surface area (Å²) in [5.74, 6) is -0.556. The van der Waals surface area contributed by atoms with E-state index >= 15 is 0 Å². The number of pyridine rings is 1. The van der Waals surface area contributed by atoms with Crippen LogP contribution in [0.4, 0.5) is 0 Å². The molecule has 6 heteroatoms. The number of carboxylic acids is 1. The first kappa shape index (κ1) is 15.7. The van der Waals surface area contributed by atoms with Crippen LogP contribution in [-0.2, 0) is 13.6 Å². The van der Waals surface area contributed by atoms with Crippen LogP contribution in [0, 0.1) is 6.92 Å². The maximum atomic E-state index is 11.9. The van der Waals surface area contributed by atoms with Gasteiger partial charge in [0.15, 0.2) is 5.69 Å². The minimum atomic E-state index is -1.08. The second kappa shape index (κ2) is 6.16. The second-order valence-corrected chi connectivity index (χ2v) is 5.70. The molecule has 2 aromatic heterocycles. The molecule has 0 saturated heterocycles. The molecule has 122 valence electrons. The maximum Gasteiger partial charge on any atom is 0.356 e. The summed E-state index contributed by atoms with van der Waals surface area (Å²) in [4.78, 5) is 27.4. The smallest absolute Gasteiger partial charge is 0.356 e. The van der Waals surface area contributed by atoms with Crippen LogP contribution in [0.2, 0.25) is 0 Å². The standard InChI is InChI=1S/C18H17N3O3/c1-12-8-14(10-20(2)17(12)22)16-19-15(18(23)24)11-21(16)9-13-6-4-3-5-7-13/h3-8,10-11H,9H2,1-2H3,(H,23,24). The van der Waals surface area contributed by atoms with Gasteiger partial charge in [0.25, 0.3) is 5.56 Å². The van der Waals surface area contributed by atoms with Gasteiger partial charge in [-0.25, -0.2) is 9.78 Å². The zero-order valence-corrected chi connectivity index (χ0v) is 13.4. The monoisotopic (exact) mass is 323 g/mol. The van der Waals surface area contributed by atoms with E-state index in [1.165, 1.54) is 10.8 Å². The lowest BCUT2D eigenvalue weighted by Crippen LogP contribution is -2.18. The predicted molar refractivity (Wildman–Crippen MR) is 90.1 cm³/mol. The molecule has 0 aliphatic carbocycles. The third-order valence-corrected chi connectivity index (χ3v) is 3.81. The highest BCUT2D eigenvalue weighted by atomic mass is 16.4. The molecule has 0 spiro atoms. The van der Waals surface area contributed by atoms with E-state index in [-0.39, 0.29) is 11.3 Å². The Morgan fingerprint density at radius 2 is 1.92 bits per heavy atom. The van der Waals surface area contributed by atoms with Gasteiger partial charge in [-0.05, 0) is 18.6 Å². The SMILES string of the molecule is Cc1cc(-c2nc(C(=O)O)cn2Cc2ccccc2)cn(C)c1=O. The number of aromatic carboxylic acids is 1. The van der Waals surface area contributed by atoms with Crippen molar-refractivity contribution < 1.29 is 9.90 Å². The number of hydrogen-bond donors (Lipinski definition) is 1. The van der Waals surface area contributed by atoms with Crippen molar-refractivity contribution in [2.75, 3.05) is 0 Å². The Morgan fingerprint density at radius 3 is 2.54 bits per heavy atom. The van der Waals surface area contributed by atoms with E-state index in [1.807, 2.05) is 30.3 Å². The highest BCUT2D eigenvalue weighted by Gasteiger charge is 2.16. The molecule has 0 amide bonds. The van der Waals surface area contributed by atoms with Crippen molar-refractivity contribution in [3.05, 3.63) is 76.0 Å². The lowest BCUT2D eigenvalue weighted by atomic mass is 10.2. The molecular formula is C18H17N3O3. The van der Waals surface area contributed by atoms with Gasteiger partial charge in [-0.1, -0.05) is 30.3 Å². The first-order valence-electron chi connectivity index (χ1n) is 7.48. The van der Waals surface area contributed by atoms with Gasteiger partial charge >= 0.3 is 5.97 Å².